The monoisotopic (exact) mass is 339 g/mol. The van der Waals surface area contributed by atoms with Crippen LogP contribution in [0.25, 0.3) is 10.8 Å². The lowest BCUT2D eigenvalue weighted by Gasteiger charge is -2.30. The number of hydrogen-bond acceptors (Lipinski definition) is 5. The van der Waals surface area contributed by atoms with Gasteiger partial charge in [-0.1, -0.05) is 30.3 Å². The molecule has 0 atom stereocenters. The van der Waals surface area contributed by atoms with Crippen LogP contribution in [0.1, 0.15) is 35.1 Å². The Morgan fingerprint density at radius 2 is 1.88 bits per heavy atom. The van der Waals surface area contributed by atoms with Crippen LogP contribution in [0.4, 0.5) is 0 Å². The van der Waals surface area contributed by atoms with Crippen molar-refractivity contribution in [3.05, 3.63) is 58.8 Å². The summed E-state index contributed by atoms with van der Waals surface area (Å²) in [4.78, 5) is 4.83. The number of hydrogen-bond donors (Lipinski definition) is 0. The van der Waals surface area contributed by atoms with E-state index in [0.29, 0.717) is 11.8 Å². The van der Waals surface area contributed by atoms with Crippen LogP contribution in [0, 0.1) is 6.92 Å². The van der Waals surface area contributed by atoms with E-state index in [0.717, 1.165) is 43.2 Å². The summed E-state index contributed by atoms with van der Waals surface area (Å²) < 4.78 is 5.95. The second kappa shape index (κ2) is 6.87. The van der Waals surface area contributed by atoms with E-state index in [2.05, 4.69) is 64.5 Å². The first kappa shape index (κ1) is 15.5. The number of rotatable bonds is 4. The third-order valence-corrected chi connectivity index (χ3v) is 5.57. The van der Waals surface area contributed by atoms with Crippen molar-refractivity contribution in [2.75, 3.05) is 13.1 Å². The lowest BCUT2D eigenvalue weighted by atomic mass is 9.96. The molecule has 0 aliphatic carbocycles. The van der Waals surface area contributed by atoms with Gasteiger partial charge in [0.2, 0.25) is 5.89 Å². The third-order valence-electron chi connectivity index (χ3n) is 4.58. The van der Waals surface area contributed by atoms with Crippen molar-refractivity contribution in [2.45, 2.75) is 32.2 Å². The van der Waals surface area contributed by atoms with E-state index in [1.165, 1.54) is 10.4 Å². The number of nitrogens with zero attached hydrogens (tertiary/aromatic N) is 3. The van der Waals surface area contributed by atoms with Crippen molar-refractivity contribution in [3.8, 4) is 10.8 Å². The summed E-state index contributed by atoms with van der Waals surface area (Å²) >= 11 is 1.70. The van der Waals surface area contributed by atoms with Gasteiger partial charge in [0.15, 0.2) is 0 Å². The van der Waals surface area contributed by atoms with Gasteiger partial charge in [0.1, 0.15) is 0 Å². The summed E-state index contributed by atoms with van der Waals surface area (Å²) in [5.74, 6) is 1.85. The lowest BCUT2D eigenvalue weighted by molar-refractivity contribution is 0.193. The van der Waals surface area contributed by atoms with E-state index in [4.69, 9.17) is 4.42 Å². The fraction of sp³-hybridized carbons (Fsp3) is 0.368. The Morgan fingerprint density at radius 3 is 2.58 bits per heavy atom. The minimum atomic E-state index is 0.388. The predicted molar refractivity (Wildman–Crippen MR) is 96.0 cm³/mol. The summed E-state index contributed by atoms with van der Waals surface area (Å²) in [6.07, 6.45) is 2.16. The molecule has 0 unspecified atom stereocenters. The topological polar surface area (TPSA) is 42.2 Å². The van der Waals surface area contributed by atoms with Crippen molar-refractivity contribution < 1.29 is 4.42 Å². The molecule has 24 heavy (non-hydrogen) atoms. The molecule has 3 heterocycles. The molecule has 0 spiro atoms. The molecular formula is C19H21N3OS. The smallest absolute Gasteiger partial charge is 0.257 e. The highest BCUT2D eigenvalue weighted by Crippen LogP contribution is 2.32. The van der Waals surface area contributed by atoms with Gasteiger partial charge in [-0.2, -0.15) is 0 Å². The van der Waals surface area contributed by atoms with E-state index in [9.17, 15) is 0 Å². The molecule has 0 radical (unpaired) electrons. The molecule has 1 saturated heterocycles. The fourth-order valence-corrected chi connectivity index (χ4v) is 4.02. The van der Waals surface area contributed by atoms with Gasteiger partial charge in [-0.15, -0.1) is 21.5 Å². The summed E-state index contributed by atoms with van der Waals surface area (Å²) in [7, 11) is 0. The minimum Gasteiger partial charge on any atom is -0.420 e. The van der Waals surface area contributed by atoms with Crippen LogP contribution < -0.4 is 0 Å². The number of piperidine rings is 1. The van der Waals surface area contributed by atoms with E-state index < -0.39 is 0 Å². The molecule has 0 amide bonds. The molecule has 3 aromatic rings. The van der Waals surface area contributed by atoms with Gasteiger partial charge in [0.05, 0.1) is 4.88 Å². The zero-order valence-electron chi connectivity index (χ0n) is 13.8. The van der Waals surface area contributed by atoms with Gasteiger partial charge < -0.3 is 4.42 Å². The van der Waals surface area contributed by atoms with Gasteiger partial charge >= 0.3 is 0 Å². The average Bonchev–Trinajstić information content (AvgIpc) is 3.25. The van der Waals surface area contributed by atoms with Crippen LogP contribution in [0.2, 0.25) is 0 Å². The molecule has 1 aliphatic rings. The standard InChI is InChI=1S/C19H21N3OS/c1-14-7-8-17(24-14)19-21-20-18(23-19)16-9-11-22(12-10-16)13-15-5-3-2-4-6-15/h2-8,16H,9-13H2,1H3. The van der Waals surface area contributed by atoms with Gasteiger partial charge in [0, 0.05) is 17.3 Å². The zero-order valence-corrected chi connectivity index (χ0v) is 14.6. The molecule has 1 aromatic carbocycles. The first-order valence-corrected chi connectivity index (χ1v) is 9.26. The molecule has 0 bridgehead atoms. The maximum absolute atomic E-state index is 5.95. The van der Waals surface area contributed by atoms with Crippen molar-refractivity contribution in [3.63, 3.8) is 0 Å². The molecule has 1 aliphatic heterocycles. The predicted octanol–water partition coefficient (Wildman–Crippen LogP) is 4.49. The SMILES string of the molecule is Cc1ccc(-c2nnc(C3CCN(Cc4ccccc4)CC3)o2)s1. The van der Waals surface area contributed by atoms with Crippen LogP contribution in [0.5, 0.6) is 0 Å². The molecule has 5 heteroatoms. The summed E-state index contributed by atoms with van der Waals surface area (Å²) in [6, 6.07) is 14.8. The van der Waals surface area contributed by atoms with Gasteiger partial charge in [0.25, 0.3) is 5.89 Å². The van der Waals surface area contributed by atoms with Crippen LogP contribution in [0.3, 0.4) is 0 Å². The highest BCUT2D eigenvalue weighted by molar-refractivity contribution is 7.15. The van der Waals surface area contributed by atoms with E-state index in [-0.39, 0.29) is 0 Å². The second-order valence-electron chi connectivity index (χ2n) is 6.39. The summed E-state index contributed by atoms with van der Waals surface area (Å²) in [5, 5.41) is 8.55. The largest absolute Gasteiger partial charge is 0.420 e. The van der Waals surface area contributed by atoms with Gasteiger partial charge in [-0.3, -0.25) is 4.90 Å². The van der Waals surface area contributed by atoms with Crippen molar-refractivity contribution in [1.29, 1.82) is 0 Å². The minimum absolute atomic E-state index is 0.388. The van der Waals surface area contributed by atoms with Gasteiger partial charge in [-0.05, 0) is 50.6 Å². The number of aromatic nitrogens is 2. The molecule has 0 N–H and O–H groups in total. The first-order chi connectivity index (χ1) is 11.8. The number of benzene rings is 1. The van der Waals surface area contributed by atoms with E-state index >= 15 is 0 Å². The third kappa shape index (κ3) is 3.42. The number of thiophene rings is 1. The molecule has 4 nitrogen and oxygen atoms in total. The summed E-state index contributed by atoms with van der Waals surface area (Å²) in [6.45, 7) is 5.27. The summed E-state index contributed by atoms with van der Waals surface area (Å²) in [5.41, 5.74) is 1.38. The Balaban J connectivity index is 1.37. The first-order valence-electron chi connectivity index (χ1n) is 8.44. The molecule has 124 valence electrons. The quantitative estimate of drug-likeness (QED) is 0.702. The molecule has 0 saturated carbocycles. The Bertz CT molecular complexity index is 788. The Hall–Kier alpha value is -1.98. The second-order valence-corrected chi connectivity index (χ2v) is 7.68. The van der Waals surface area contributed by atoms with E-state index in [1.54, 1.807) is 11.3 Å². The van der Waals surface area contributed by atoms with Gasteiger partial charge in [-0.25, -0.2) is 0 Å². The van der Waals surface area contributed by atoms with E-state index in [1.807, 2.05) is 0 Å². The van der Waals surface area contributed by atoms with Crippen LogP contribution >= 0.6 is 11.3 Å². The highest BCUT2D eigenvalue weighted by Gasteiger charge is 2.25. The van der Waals surface area contributed by atoms with Crippen LogP contribution in [-0.2, 0) is 6.54 Å². The highest BCUT2D eigenvalue weighted by atomic mass is 32.1. The van der Waals surface area contributed by atoms with Crippen molar-refractivity contribution in [1.82, 2.24) is 15.1 Å². The number of likely N-dealkylation sites (tertiary alicyclic amines) is 1. The molecule has 2 aromatic heterocycles. The molecule has 1 fully saturated rings. The van der Waals surface area contributed by atoms with Crippen molar-refractivity contribution in [2.24, 2.45) is 0 Å². The maximum Gasteiger partial charge on any atom is 0.257 e. The van der Waals surface area contributed by atoms with Crippen molar-refractivity contribution >= 4 is 11.3 Å². The Labute approximate surface area is 146 Å². The van der Waals surface area contributed by atoms with Crippen LogP contribution in [-0.4, -0.2) is 28.2 Å². The fourth-order valence-electron chi connectivity index (χ4n) is 3.23. The zero-order chi connectivity index (χ0) is 16.4. The lowest BCUT2D eigenvalue weighted by Crippen LogP contribution is -2.32. The maximum atomic E-state index is 5.95. The Kier molecular flexibility index (Phi) is 4.45. The Morgan fingerprint density at radius 1 is 1.08 bits per heavy atom. The average molecular weight is 339 g/mol. The van der Waals surface area contributed by atoms with Crippen LogP contribution in [0.15, 0.2) is 46.9 Å². The molecular weight excluding hydrogens is 318 g/mol. The number of aryl methyl sites for hydroxylation is 1. The molecule has 4 rings (SSSR count). The normalized spacial score (nSPS) is 16.5.